The van der Waals surface area contributed by atoms with Gasteiger partial charge in [0.1, 0.15) is 16.9 Å². The first-order chi connectivity index (χ1) is 11.9. The highest BCUT2D eigenvalue weighted by molar-refractivity contribution is 5.84. The Kier molecular flexibility index (Phi) is 2.78. The minimum absolute atomic E-state index is 0.0790. The summed E-state index contributed by atoms with van der Waals surface area (Å²) in [4.78, 5) is 21.9. The van der Waals surface area contributed by atoms with Crippen LogP contribution in [-0.2, 0) is 5.41 Å². The lowest BCUT2D eigenvalue weighted by atomic mass is 9.76. The Balaban J connectivity index is 2.18. The monoisotopic (exact) mass is 338 g/mol. The van der Waals surface area contributed by atoms with Gasteiger partial charge in [0, 0.05) is 0 Å². The van der Waals surface area contributed by atoms with Crippen molar-refractivity contribution in [1.29, 1.82) is 0 Å². The average molecular weight is 338 g/mol. The van der Waals surface area contributed by atoms with Gasteiger partial charge in [0.25, 0.3) is 0 Å². The summed E-state index contributed by atoms with van der Waals surface area (Å²) in [6.07, 6.45) is 3.12. The molecular formula is C17H10N2O6. The number of hydrogen-bond acceptors (Lipinski definition) is 6. The quantitative estimate of drug-likeness (QED) is 0.640. The molecule has 0 amide bonds. The number of rotatable bonds is 2. The van der Waals surface area contributed by atoms with Crippen LogP contribution in [0.15, 0.2) is 48.2 Å². The van der Waals surface area contributed by atoms with Crippen molar-refractivity contribution in [2.24, 2.45) is 0 Å². The molecule has 0 saturated heterocycles. The number of fused-ring (bicyclic) bond motifs is 4. The molecule has 8 heteroatoms. The molecule has 0 saturated carbocycles. The van der Waals surface area contributed by atoms with Crippen LogP contribution in [0.1, 0.15) is 22.3 Å². The van der Waals surface area contributed by atoms with Gasteiger partial charge in [-0.05, 0) is 47.0 Å². The predicted octanol–water partition coefficient (Wildman–Crippen LogP) is 2.65. The Bertz CT molecular complexity index is 1040. The molecule has 1 unspecified atom stereocenters. The number of phenols is 2. The second kappa shape index (κ2) is 4.67. The number of nitro groups is 2. The lowest BCUT2D eigenvalue weighted by Gasteiger charge is -2.23. The fourth-order valence-corrected chi connectivity index (χ4v) is 3.70. The molecular weight excluding hydrogens is 328 g/mol. The summed E-state index contributed by atoms with van der Waals surface area (Å²) in [5.74, 6) is -0.270. The third-order valence-electron chi connectivity index (χ3n) is 4.62. The largest absolute Gasteiger partial charge is 0.508 e. The first-order valence-corrected chi connectivity index (χ1v) is 7.26. The molecule has 1 atom stereocenters. The van der Waals surface area contributed by atoms with Crippen molar-refractivity contribution < 1.29 is 20.1 Å². The highest BCUT2D eigenvalue weighted by Gasteiger charge is 2.59. The van der Waals surface area contributed by atoms with Crippen LogP contribution in [0.3, 0.4) is 0 Å². The van der Waals surface area contributed by atoms with Gasteiger partial charge in [-0.2, -0.15) is 0 Å². The van der Waals surface area contributed by atoms with E-state index in [1.165, 1.54) is 36.4 Å². The van der Waals surface area contributed by atoms with Crippen LogP contribution in [0.25, 0.3) is 11.8 Å². The molecule has 2 aliphatic rings. The van der Waals surface area contributed by atoms with Gasteiger partial charge < -0.3 is 10.2 Å². The van der Waals surface area contributed by atoms with Gasteiger partial charge in [-0.25, -0.2) is 0 Å². The predicted molar refractivity (Wildman–Crippen MR) is 86.9 cm³/mol. The number of allylic oxidation sites excluding steroid dienone is 1. The highest BCUT2D eigenvalue weighted by atomic mass is 16.6. The van der Waals surface area contributed by atoms with Gasteiger partial charge in [-0.3, -0.25) is 20.2 Å². The van der Waals surface area contributed by atoms with Crippen LogP contribution in [-0.4, -0.2) is 20.1 Å². The summed E-state index contributed by atoms with van der Waals surface area (Å²) in [5.41, 5.74) is -1.45. The average Bonchev–Trinajstić information content (AvgIpc) is 3.05. The van der Waals surface area contributed by atoms with Gasteiger partial charge >= 0.3 is 11.4 Å². The van der Waals surface area contributed by atoms with E-state index in [-0.39, 0.29) is 22.6 Å². The van der Waals surface area contributed by atoms with Crippen molar-refractivity contribution in [3.63, 3.8) is 0 Å². The van der Waals surface area contributed by atoms with Crippen LogP contribution in [0, 0.1) is 20.2 Å². The van der Waals surface area contributed by atoms with Crippen LogP contribution in [0.4, 0.5) is 0 Å². The van der Waals surface area contributed by atoms with Crippen LogP contribution < -0.4 is 0 Å². The third-order valence-corrected chi connectivity index (χ3v) is 4.62. The maximum absolute atomic E-state index is 11.8. The van der Waals surface area contributed by atoms with Crippen LogP contribution in [0.2, 0.25) is 0 Å². The van der Waals surface area contributed by atoms with Crippen molar-refractivity contribution in [2.75, 3.05) is 0 Å². The second-order valence-corrected chi connectivity index (χ2v) is 5.85. The maximum atomic E-state index is 11.8. The molecule has 0 aromatic heterocycles. The van der Waals surface area contributed by atoms with Gasteiger partial charge in [0.05, 0.1) is 15.4 Å². The molecule has 0 radical (unpaired) electrons. The van der Waals surface area contributed by atoms with E-state index in [0.29, 0.717) is 11.1 Å². The zero-order valence-electron chi connectivity index (χ0n) is 12.5. The third kappa shape index (κ3) is 1.76. The normalized spacial score (nSPS) is 20.0. The molecule has 0 heterocycles. The zero-order valence-corrected chi connectivity index (χ0v) is 12.5. The molecule has 124 valence electrons. The Labute approximate surface area is 140 Å². The molecule has 0 bridgehead atoms. The molecule has 2 aliphatic carbocycles. The molecule has 2 aromatic carbocycles. The Morgan fingerprint density at radius 1 is 0.880 bits per heavy atom. The Morgan fingerprint density at radius 2 is 1.52 bits per heavy atom. The molecule has 8 nitrogen and oxygen atoms in total. The smallest absolute Gasteiger partial charge is 0.350 e. The van der Waals surface area contributed by atoms with Gasteiger partial charge in [0.15, 0.2) is 0 Å². The van der Waals surface area contributed by atoms with Crippen molar-refractivity contribution in [3.8, 4) is 11.5 Å². The summed E-state index contributed by atoms with van der Waals surface area (Å²) in [7, 11) is 0. The standard InChI is InChI=1S/C17H10N2O6/c20-10-2-1-9-5-6-17(13(9)7-10)14-8-11(21)3-4-12(14)15(18(22)23)16(17)19(24)25/h1-8,20-21H. The van der Waals surface area contributed by atoms with E-state index in [2.05, 4.69) is 0 Å². The first-order valence-electron chi connectivity index (χ1n) is 7.26. The summed E-state index contributed by atoms with van der Waals surface area (Å²) in [6.45, 7) is 0. The topological polar surface area (TPSA) is 127 Å². The van der Waals surface area contributed by atoms with Crippen molar-refractivity contribution >= 4 is 11.8 Å². The van der Waals surface area contributed by atoms with E-state index in [4.69, 9.17) is 0 Å². The number of aromatic hydroxyl groups is 2. The number of nitrogens with zero attached hydrogens (tertiary/aromatic N) is 2. The van der Waals surface area contributed by atoms with Gasteiger partial charge in [-0.1, -0.05) is 18.2 Å². The summed E-state index contributed by atoms with van der Waals surface area (Å²) in [5, 5.41) is 43.1. The van der Waals surface area contributed by atoms with Crippen molar-refractivity contribution in [2.45, 2.75) is 5.41 Å². The number of hydrogen-bond donors (Lipinski definition) is 2. The van der Waals surface area contributed by atoms with Crippen molar-refractivity contribution in [1.82, 2.24) is 0 Å². The molecule has 2 N–H and O–H groups in total. The van der Waals surface area contributed by atoms with Crippen LogP contribution in [0.5, 0.6) is 11.5 Å². The minimum Gasteiger partial charge on any atom is -0.508 e. The zero-order chi connectivity index (χ0) is 17.9. The van der Waals surface area contributed by atoms with Crippen LogP contribution >= 0.6 is 0 Å². The Morgan fingerprint density at radius 3 is 2.16 bits per heavy atom. The fraction of sp³-hybridized carbons (Fsp3) is 0.0588. The summed E-state index contributed by atoms with van der Waals surface area (Å²) >= 11 is 0. The maximum Gasteiger partial charge on any atom is 0.350 e. The van der Waals surface area contributed by atoms with E-state index in [9.17, 15) is 30.4 Å². The molecule has 4 rings (SSSR count). The lowest BCUT2D eigenvalue weighted by Crippen LogP contribution is -2.28. The minimum atomic E-state index is -1.53. The van der Waals surface area contributed by atoms with Gasteiger partial charge in [-0.15, -0.1) is 0 Å². The van der Waals surface area contributed by atoms with E-state index in [1.807, 2.05) is 0 Å². The number of phenolic OH excluding ortho intramolecular Hbond substituents is 2. The molecule has 0 aliphatic heterocycles. The number of benzene rings is 2. The molecule has 1 spiro atoms. The summed E-state index contributed by atoms with van der Waals surface area (Å²) < 4.78 is 0. The van der Waals surface area contributed by atoms with E-state index in [0.717, 1.165) is 0 Å². The molecule has 25 heavy (non-hydrogen) atoms. The Hall–Kier alpha value is -3.68. The molecule has 2 aromatic rings. The van der Waals surface area contributed by atoms with E-state index in [1.54, 1.807) is 12.1 Å². The fourth-order valence-electron chi connectivity index (χ4n) is 3.70. The highest BCUT2D eigenvalue weighted by Crippen LogP contribution is 2.56. The van der Waals surface area contributed by atoms with Crippen molar-refractivity contribution in [3.05, 3.63) is 90.7 Å². The van der Waals surface area contributed by atoms with E-state index >= 15 is 0 Å². The SMILES string of the molecule is O=[N+]([O-])C1=C([N+](=O)[O-])C2(C=Cc3ccc(O)cc32)c2cc(O)ccc21. The molecule has 0 fully saturated rings. The first kappa shape index (κ1) is 14.9. The second-order valence-electron chi connectivity index (χ2n) is 5.85. The van der Waals surface area contributed by atoms with Gasteiger partial charge in [0.2, 0.25) is 0 Å². The lowest BCUT2D eigenvalue weighted by molar-refractivity contribution is -0.449. The van der Waals surface area contributed by atoms with E-state index < -0.39 is 26.7 Å². The summed E-state index contributed by atoms with van der Waals surface area (Å²) in [6, 6.07) is 8.22.